The zero-order chi connectivity index (χ0) is 23.4. The molecule has 1 heterocycles. The molecule has 3 aromatic carbocycles. The van der Waals surface area contributed by atoms with Crippen LogP contribution in [0.3, 0.4) is 0 Å². The standard InChI is InChI=1S/C25H24FN3O4/c1-33-21-9-2-17(3-10-21)24(30)27-22-16-18(25(31)32)4-11-23(22)29-14-12-28(13-15-29)20-7-5-19(26)6-8-20/h2-11,16H,12-15H2,1H3,(H,27,30)(H,31,32). The van der Waals surface area contributed by atoms with Crippen LogP contribution in [0.5, 0.6) is 5.75 Å². The lowest BCUT2D eigenvalue weighted by molar-refractivity contribution is 0.0696. The predicted molar refractivity (Wildman–Crippen MR) is 125 cm³/mol. The number of carboxylic acids is 1. The minimum Gasteiger partial charge on any atom is -0.497 e. The molecule has 2 N–H and O–H groups in total. The van der Waals surface area contributed by atoms with Gasteiger partial charge in [-0.2, -0.15) is 0 Å². The number of carbonyl (C=O) groups excluding carboxylic acids is 1. The highest BCUT2D eigenvalue weighted by atomic mass is 19.1. The van der Waals surface area contributed by atoms with E-state index in [-0.39, 0.29) is 17.3 Å². The average Bonchev–Trinajstić information content (AvgIpc) is 2.84. The Balaban J connectivity index is 1.53. The van der Waals surface area contributed by atoms with E-state index in [1.807, 2.05) is 0 Å². The van der Waals surface area contributed by atoms with Crippen LogP contribution in [0.15, 0.2) is 66.7 Å². The van der Waals surface area contributed by atoms with Gasteiger partial charge in [0.2, 0.25) is 0 Å². The monoisotopic (exact) mass is 449 g/mol. The molecular weight excluding hydrogens is 425 g/mol. The molecule has 0 spiro atoms. The number of carboxylic acid groups (broad SMARTS) is 1. The zero-order valence-electron chi connectivity index (χ0n) is 18.1. The number of hydrogen-bond donors (Lipinski definition) is 2. The Morgan fingerprint density at radius 3 is 2.09 bits per heavy atom. The van der Waals surface area contributed by atoms with Crippen molar-refractivity contribution >= 4 is 28.9 Å². The maximum atomic E-state index is 13.2. The number of piperazine rings is 1. The lowest BCUT2D eigenvalue weighted by atomic mass is 10.1. The van der Waals surface area contributed by atoms with Gasteiger partial charge in [0, 0.05) is 37.4 Å². The van der Waals surface area contributed by atoms with Crippen LogP contribution in [0.4, 0.5) is 21.5 Å². The maximum absolute atomic E-state index is 13.2. The largest absolute Gasteiger partial charge is 0.497 e. The van der Waals surface area contributed by atoms with E-state index in [0.29, 0.717) is 43.2 Å². The van der Waals surface area contributed by atoms with E-state index >= 15 is 0 Å². The molecule has 0 saturated carbocycles. The number of carbonyl (C=O) groups is 2. The van der Waals surface area contributed by atoms with Crippen LogP contribution in [0.2, 0.25) is 0 Å². The van der Waals surface area contributed by atoms with E-state index in [1.54, 1.807) is 49.6 Å². The predicted octanol–water partition coefficient (Wildman–Crippen LogP) is 4.11. The third-order valence-corrected chi connectivity index (χ3v) is 5.66. The molecule has 0 atom stereocenters. The Morgan fingerprint density at radius 1 is 0.879 bits per heavy atom. The number of aromatic carboxylic acids is 1. The molecular formula is C25H24FN3O4. The summed E-state index contributed by atoms with van der Waals surface area (Å²) in [4.78, 5) is 28.6. The third kappa shape index (κ3) is 5.06. The SMILES string of the molecule is COc1ccc(C(=O)Nc2cc(C(=O)O)ccc2N2CCN(c3ccc(F)cc3)CC2)cc1. The summed E-state index contributed by atoms with van der Waals surface area (Å²) in [6.45, 7) is 2.74. The third-order valence-electron chi connectivity index (χ3n) is 5.66. The highest BCUT2D eigenvalue weighted by Gasteiger charge is 2.22. The molecule has 1 aliphatic rings. The van der Waals surface area contributed by atoms with Gasteiger partial charge >= 0.3 is 5.97 Å². The van der Waals surface area contributed by atoms with E-state index in [9.17, 15) is 19.1 Å². The first-order chi connectivity index (χ1) is 15.9. The zero-order valence-corrected chi connectivity index (χ0v) is 18.1. The van der Waals surface area contributed by atoms with E-state index in [0.717, 1.165) is 11.4 Å². The summed E-state index contributed by atoms with van der Waals surface area (Å²) in [5, 5.41) is 12.3. The number of nitrogens with one attached hydrogen (secondary N) is 1. The maximum Gasteiger partial charge on any atom is 0.335 e. The number of methoxy groups -OCH3 is 1. The summed E-state index contributed by atoms with van der Waals surface area (Å²) < 4.78 is 18.4. The first kappa shape index (κ1) is 22.1. The Morgan fingerprint density at radius 2 is 1.48 bits per heavy atom. The molecule has 0 bridgehead atoms. The second kappa shape index (κ2) is 9.60. The topological polar surface area (TPSA) is 82.1 Å². The molecule has 3 aromatic rings. The van der Waals surface area contributed by atoms with Crippen molar-refractivity contribution in [3.63, 3.8) is 0 Å². The molecule has 1 saturated heterocycles. The summed E-state index contributed by atoms with van der Waals surface area (Å²) in [6.07, 6.45) is 0. The van der Waals surface area contributed by atoms with Crippen LogP contribution in [0, 0.1) is 5.82 Å². The van der Waals surface area contributed by atoms with Crippen molar-refractivity contribution in [2.24, 2.45) is 0 Å². The van der Waals surface area contributed by atoms with Crippen LogP contribution < -0.4 is 19.9 Å². The van der Waals surface area contributed by atoms with Crippen LogP contribution in [0.1, 0.15) is 20.7 Å². The molecule has 1 fully saturated rings. The number of anilines is 3. The first-order valence-electron chi connectivity index (χ1n) is 10.5. The van der Waals surface area contributed by atoms with Gasteiger partial charge < -0.3 is 25.0 Å². The van der Waals surface area contributed by atoms with Gasteiger partial charge in [-0.15, -0.1) is 0 Å². The van der Waals surface area contributed by atoms with Gasteiger partial charge in [-0.05, 0) is 66.7 Å². The van der Waals surface area contributed by atoms with Crippen LogP contribution >= 0.6 is 0 Å². The summed E-state index contributed by atoms with van der Waals surface area (Å²) in [7, 11) is 1.55. The summed E-state index contributed by atoms with van der Waals surface area (Å²) in [5.41, 5.74) is 2.66. The highest BCUT2D eigenvalue weighted by Crippen LogP contribution is 2.30. The average molecular weight is 449 g/mol. The van der Waals surface area contributed by atoms with E-state index < -0.39 is 5.97 Å². The smallest absolute Gasteiger partial charge is 0.335 e. The fourth-order valence-corrected chi connectivity index (χ4v) is 3.84. The normalized spacial score (nSPS) is 13.5. The van der Waals surface area contributed by atoms with E-state index in [2.05, 4.69) is 15.1 Å². The van der Waals surface area contributed by atoms with Crippen molar-refractivity contribution in [1.82, 2.24) is 0 Å². The molecule has 1 aliphatic heterocycles. The van der Waals surface area contributed by atoms with Gasteiger partial charge in [-0.1, -0.05) is 0 Å². The summed E-state index contributed by atoms with van der Waals surface area (Å²) >= 11 is 0. The van der Waals surface area contributed by atoms with Gasteiger partial charge in [0.25, 0.3) is 5.91 Å². The summed E-state index contributed by atoms with van der Waals surface area (Å²) in [6, 6.07) is 17.8. The molecule has 0 radical (unpaired) electrons. The van der Waals surface area contributed by atoms with Crippen molar-refractivity contribution < 1.29 is 23.8 Å². The number of nitrogens with zero attached hydrogens (tertiary/aromatic N) is 2. The number of amides is 1. The van der Waals surface area contributed by atoms with Crippen molar-refractivity contribution in [2.75, 3.05) is 48.4 Å². The number of rotatable bonds is 6. The second-order valence-electron chi connectivity index (χ2n) is 7.67. The van der Waals surface area contributed by atoms with Crippen molar-refractivity contribution in [3.05, 3.63) is 83.7 Å². The van der Waals surface area contributed by atoms with E-state index in [4.69, 9.17) is 4.74 Å². The lowest BCUT2D eigenvalue weighted by Crippen LogP contribution is -2.46. The Bertz CT molecular complexity index is 1140. The highest BCUT2D eigenvalue weighted by molar-refractivity contribution is 6.06. The fraction of sp³-hybridized carbons (Fsp3) is 0.200. The lowest BCUT2D eigenvalue weighted by Gasteiger charge is -2.38. The van der Waals surface area contributed by atoms with Crippen LogP contribution in [0.25, 0.3) is 0 Å². The molecule has 4 rings (SSSR count). The van der Waals surface area contributed by atoms with Crippen LogP contribution in [-0.2, 0) is 0 Å². The Kier molecular flexibility index (Phi) is 6.44. The van der Waals surface area contributed by atoms with Crippen molar-refractivity contribution in [1.29, 1.82) is 0 Å². The van der Waals surface area contributed by atoms with Gasteiger partial charge in [0.15, 0.2) is 0 Å². The molecule has 7 nitrogen and oxygen atoms in total. The van der Waals surface area contributed by atoms with Gasteiger partial charge in [0.05, 0.1) is 24.0 Å². The molecule has 170 valence electrons. The molecule has 8 heteroatoms. The fourth-order valence-electron chi connectivity index (χ4n) is 3.84. The number of benzene rings is 3. The minimum atomic E-state index is -1.07. The Labute approximate surface area is 191 Å². The quantitative estimate of drug-likeness (QED) is 0.590. The molecule has 33 heavy (non-hydrogen) atoms. The summed E-state index contributed by atoms with van der Waals surface area (Å²) in [5.74, 6) is -1.04. The van der Waals surface area contributed by atoms with Crippen molar-refractivity contribution in [2.45, 2.75) is 0 Å². The second-order valence-corrected chi connectivity index (χ2v) is 7.67. The van der Waals surface area contributed by atoms with Crippen LogP contribution in [-0.4, -0.2) is 50.3 Å². The number of hydrogen-bond acceptors (Lipinski definition) is 5. The molecule has 0 aromatic heterocycles. The molecule has 1 amide bonds. The van der Waals surface area contributed by atoms with Gasteiger partial charge in [-0.3, -0.25) is 4.79 Å². The minimum absolute atomic E-state index is 0.0914. The molecule has 0 unspecified atom stereocenters. The number of ether oxygens (including phenoxy) is 1. The Hall–Kier alpha value is -4.07. The number of halogens is 1. The molecule has 0 aliphatic carbocycles. The van der Waals surface area contributed by atoms with Gasteiger partial charge in [0.1, 0.15) is 11.6 Å². The first-order valence-corrected chi connectivity index (χ1v) is 10.5. The van der Waals surface area contributed by atoms with Gasteiger partial charge in [-0.25, -0.2) is 9.18 Å². The van der Waals surface area contributed by atoms with Crippen molar-refractivity contribution in [3.8, 4) is 5.75 Å². The van der Waals surface area contributed by atoms with E-state index in [1.165, 1.54) is 24.3 Å².